The van der Waals surface area contributed by atoms with Gasteiger partial charge in [0.25, 0.3) is 5.91 Å². The fourth-order valence-corrected chi connectivity index (χ4v) is 4.17. The summed E-state index contributed by atoms with van der Waals surface area (Å²) in [5.74, 6) is -1.69. The van der Waals surface area contributed by atoms with Crippen LogP contribution in [0.5, 0.6) is 0 Å². The molecule has 0 bridgehead atoms. The molecule has 0 saturated heterocycles. The van der Waals surface area contributed by atoms with E-state index < -0.39 is 23.7 Å². The van der Waals surface area contributed by atoms with Gasteiger partial charge in [-0.15, -0.1) is 0 Å². The Bertz CT molecular complexity index is 1470. The van der Waals surface area contributed by atoms with E-state index in [9.17, 15) is 19.2 Å². The molecular weight excluding hydrogens is 498 g/mol. The molecule has 0 unspecified atom stereocenters. The number of carbonyl (C=O) groups is 4. The van der Waals surface area contributed by atoms with E-state index in [0.29, 0.717) is 34.5 Å². The summed E-state index contributed by atoms with van der Waals surface area (Å²) in [6.07, 6.45) is 1.47. The van der Waals surface area contributed by atoms with Crippen molar-refractivity contribution in [3.05, 3.63) is 101 Å². The molecule has 1 aliphatic rings. The van der Waals surface area contributed by atoms with Crippen LogP contribution in [0.3, 0.4) is 0 Å². The molecule has 2 heterocycles. The average Bonchev–Trinajstić information content (AvgIpc) is 3.48. The maximum absolute atomic E-state index is 13.5. The van der Waals surface area contributed by atoms with Crippen LogP contribution in [-0.4, -0.2) is 30.8 Å². The first-order valence-electron chi connectivity index (χ1n) is 12.4. The number of allylic oxidation sites excluding steroid dienone is 1. The van der Waals surface area contributed by atoms with Gasteiger partial charge in [-0.25, -0.2) is 4.79 Å². The van der Waals surface area contributed by atoms with E-state index in [1.165, 1.54) is 18.1 Å². The predicted molar refractivity (Wildman–Crippen MR) is 146 cm³/mol. The number of anilines is 2. The number of furan rings is 1. The van der Waals surface area contributed by atoms with E-state index in [0.717, 1.165) is 5.56 Å². The van der Waals surface area contributed by atoms with Crippen LogP contribution < -0.4 is 15.5 Å². The lowest BCUT2D eigenvalue weighted by molar-refractivity contribution is -0.136. The Morgan fingerprint density at radius 2 is 1.67 bits per heavy atom. The number of carbonyl (C=O) groups excluding carboxylic acids is 4. The lowest BCUT2D eigenvalue weighted by Crippen LogP contribution is -2.34. The summed E-state index contributed by atoms with van der Waals surface area (Å²) in [6, 6.07) is 19.4. The second-order valence-electron chi connectivity index (χ2n) is 9.20. The van der Waals surface area contributed by atoms with Gasteiger partial charge in [0.05, 0.1) is 24.8 Å². The monoisotopic (exact) mass is 527 g/mol. The smallest absolute Gasteiger partial charge is 0.340 e. The number of rotatable bonds is 7. The number of ether oxygens (including phenoxy) is 1. The molecule has 9 heteroatoms. The van der Waals surface area contributed by atoms with E-state index in [-0.39, 0.29) is 17.7 Å². The molecule has 2 N–H and O–H groups in total. The number of hydrogen-bond donors (Lipinski definition) is 2. The summed E-state index contributed by atoms with van der Waals surface area (Å²) in [7, 11) is 1.26. The third-order valence-electron chi connectivity index (χ3n) is 6.24. The number of hydrogen-bond acceptors (Lipinski definition) is 6. The molecular formula is C30H29N3O6. The molecule has 0 saturated carbocycles. The first-order valence-corrected chi connectivity index (χ1v) is 12.4. The quantitative estimate of drug-likeness (QED) is 0.265. The first-order chi connectivity index (χ1) is 18.7. The largest absolute Gasteiger partial charge is 0.465 e. The zero-order chi connectivity index (χ0) is 28.1. The van der Waals surface area contributed by atoms with Crippen molar-refractivity contribution in [1.29, 1.82) is 0 Å². The van der Waals surface area contributed by atoms with Crippen molar-refractivity contribution >= 4 is 41.1 Å². The molecule has 0 spiro atoms. The number of nitrogens with zero attached hydrogens (tertiary/aromatic N) is 1. The molecule has 4 rings (SSSR count). The Balaban J connectivity index is 1.50. The highest BCUT2D eigenvalue weighted by atomic mass is 16.5. The highest BCUT2D eigenvalue weighted by molar-refractivity contribution is 6.39. The number of esters is 1. The zero-order valence-electron chi connectivity index (χ0n) is 22.1. The van der Waals surface area contributed by atoms with Crippen LogP contribution in [0.15, 0.2) is 88.0 Å². The summed E-state index contributed by atoms with van der Waals surface area (Å²) in [6.45, 7) is 5.80. The van der Waals surface area contributed by atoms with Crippen molar-refractivity contribution in [1.82, 2.24) is 5.32 Å². The zero-order valence-corrected chi connectivity index (χ0v) is 22.1. The number of benzene rings is 2. The summed E-state index contributed by atoms with van der Waals surface area (Å²) < 4.78 is 10.7. The van der Waals surface area contributed by atoms with Crippen molar-refractivity contribution in [2.24, 2.45) is 0 Å². The van der Waals surface area contributed by atoms with Crippen LogP contribution in [0.2, 0.25) is 0 Å². The summed E-state index contributed by atoms with van der Waals surface area (Å²) in [5, 5.41) is 5.00. The van der Waals surface area contributed by atoms with Gasteiger partial charge in [0.1, 0.15) is 11.5 Å². The minimum Gasteiger partial charge on any atom is -0.465 e. The van der Waals surface area contributed by atoms with E-state index in [4.69, 9.17) is 9.15 Å². The van der Waals surface area contributed by atoms with Gasteiger partial charge in [0.15, 0.2) is 0 Å². The second-order valence-corrected chi connectivity index (χ2v) is 9.20. The van der Waals surface area contributed by atoms with Gasteiger partial charge in [-0.3, -0.25) is 19.3 Å². The molecule has 0 atom stereocenters. The Morgan fingerprint density at radius 1 is 0.974 bits per heavy atom. The Kier molecular flexibility index (Phi) is 8.10. The minimum absolute atomic E-state index is 0.0504. The predicted octanol–water partition coefficient (Wildman–Crippen LogP) is 4.54. The van der Waals surface area contributed by atoms with E-state index in [1.807, 2.05) is 24.3 Å². The van der Waals surface area contributed by atoms with Crippen molar-refractivity contribution < 1.29 is 28.3 Å². The third kappa shape index (κ3) is 5.98. The van der Waals surface area contributed by atoms with Gasteiger partial charge in [-0.1, -0.05) is 44.2 Å². The van der Waals surface area contributed by atoms with Crippen molar-refractivity contribution in [2.45, 2.75) is 33.2 Å². The van der Waals surface area contributed by atoms with Gasteiger partial charge < -0.3 is 19.8 Å². The van der Waals surface area contributed by atoms with Gasteiger partial charge in [-0.2, -0.15) is 0 Å². The molecule has 0 aliphatic carbocycles. The third-order valence-corrected chi connectivity index (χ3v) is 6.24. The topological polar surface area (TPSA) is 118 Å². The normalized spacial score (nSPS) is 14.2. The standard InChI is InChI=1S/C30H29N3O6/c1-18(2)20-10-12-22(13-11-20)33-19(3)26(30(37)38-4)25(29(33)36)16-23-14-15-24(39-23)17-31-27(34)28(35)32-21-8-6-5-7-9-21/h5-16,18H,17H2,1-4H3,(H,31,34)(H,32,35)/b25-16-. The fraction of sp³-hybridized carbons (Fsp3) is 0.200. The molecule has 200 valence electrons. The molecule has 1 aliphatic heterocycles. The molecule has 3 amide bonds. The maximum atomic E-state index is 13.5. The van der Waals surface area contributed by atoms with Crippen LogP contribution in [-0.2, 0) is 30.5 Å². The van der Waals surface area contributed by atoms with E-state index >= 15 is 0 Å². The number of amides is 3. The Morgan fingerprint density at radius 3 is 2.31 bits per heavy atom. The first kappa shape index (κ1) is 27.1. The van der Waals surface area contributed by atoms with Crippen molar-refractivity contribution in [3.8, 4) is 0 Å². The van der Waals surface area contributed by atoms with Crippen LogP contribution in [0.1, 0.15) is 43.8 Å². The van der Waals surface area contributed by atoms with Crippen molar-refractivity contribution in [2.75, 3.05) is 17.3 Å². The Hall–Kier alpha value is -4.92. The van der Waals surface area contributed by atoms with Crippen LogP contribution >= 0.6 is 0 Å². The summed E-state index contributed by atoms with van der Waals surface area (Å²) >= 11 is 0. The number of methoxy groups -OCH3 is 1. The lowest BCUT2D eigenvalue weighted by Gasteiger charge is -2.18. The highest BCUT2D eigenvalue weighted by Crippen LogP contribution is 2.36. The van der Waals surface area contributed by atoms with Gasteiger partial charge in [0, 0.05) is 17.1 Å². The van der Waals surface area contributed by atoms with E-state index in [2.05, 4.69) is 24.5 Å². The lowest BCUT2D eigenvalue weighted by atomic mass is 10.0. The summed E-state index contributed by atoms with van der Waals surface area (Å²) in [4.78, 5) is 51.9. The fourth-order valence-electron chi connectivity index (χ4n) is 4.17. The molecule has 0 radical (unpaired) electrons. The minimum atomic E-state index is -0.827. The Labute approximate surface area is 226 Å². The van der Waals surface area contributed by atoms with Crippen LogP contribution in [0.25, 0.3) is 6.08 Å². The molecule has 3 aromatic rings. The molecule has 1 aromatic heterocycles. The molecule has 39 heavy (non-hydrogen) atoms. The number of para-hydroxylation sites is 1. The van der Waals surface area contributed by atoms with Gasteiger partial charge >= 0.3 is 17.8 Å². The molecule has 0 fully saturated rings. The van der Waals surface area contributed by atoms with Crippen molar-refractivity contribution in [3.63, 3.8) is 0 Å². The van der Waals surface area contributed by atoms with E-state index in [1.54, 1.807) is 49.4 Å². The van der Waals surface area contributed by atoms with Gasteiger partial charge in [0.2, 0.25) is 0 Å². The second kappa shape index (κ2) is 11.6. The SMILES string of the molecule is COC(=O)C1=C(C)N(c2ccc(C(C)C)cc2)C(=O)/C1=C\c1ccc(CNC(=O)C(=O)Nc2ccccc2)o1. The van der Waals surface area contributed by atoms with Crippen LogP contribution in [0.4, 0.5) is 11.4 Å². The maximum Gasteiger partial charge on any atom is 0.340 e. The summed E-state index contributed by atoms with van der Waals surface area (Å²) in [5.41, 5.74) is 2.96. The average molecular weight is 528 g/mol. The number of nitrogens with one attached hydrogen (secondary N) is 2. The highest BCUT2D eigenvalue weighted by Gasteiger charge is 2.38. The van der Waals surface area contributed by atoms with Gasteiger partial charge in [-0.05, 0) is 60.9 Å². The molecule has 9 nitrogen and oxygen atoms in total. The van der Waals surface area contributed by atoms with Crippen LogP contribution in [0, 0.1) is 0 Å². The molecule has 2 aromatic carbocycles.